The summed E-state index contributed by atoms with van der Waals surface area (Å²) in [5.41, 5.74) is 4.90. The first-order valence-corrected chi connectivity index (χ1v) is 9.37. The molecule has 0 fully saturated rings. The van der Waals surface area contributed by atoms with Crippen molar-refractivity contribution in [3.63, 3.8) is 0 Å². The molecule has 1 atom stereocenters. The molecule has 0 spiro atoms. The third-order valence-electron chi connectivity index (χ3n) is 5.41. The molecule has 1 aliphatic heterocycles. The van der Waals surface area contributed by atoms with Gasteiger partial charge in [-0.2, -0.15) is 5.10 Å². The van der Waals surface area contributed by atoms with Crippen LogP contribution in [-0.4, -0.2) is 29.9 Å². The second-order valence-electron chi connectivity index (χ2n) is 7.01. The van der Waals surface area contributed by atoms with Crippen molar-refractivity contribution in [2.24, 2.45) is 7.05 Å². The summed E-state index contributed by atoms with van der Waals surface area (Å²) in [6, 6.07) is 13.0. The summed E-state index contributed by atoms with van der Waals surface area (Å²) in [5, 5.41) is 8.08. The molecule has 1 N–H and O–H groups in total. The van der Waals surface area contributed by atoms with Crippen molar-refractivity contribution in [2.45, 2.75) is 20.0 Å². The molecule has 0 aliphatic carbocycles. The molecule has 0 radical (unpaired) electrons. The Bertz CT molecular complexity index is 1090. The van der Waals surface area contributed by atoms with Gasteiger partial charge in [-0.05, 0) is 38.1 Å². The van der Waals surface area contributed by atoms with Crippen LogP contribution in [0.15, 0.2) is 42.5 Å². The Morgan fingerprint density at radius 1 is 1.07 bits per heavy atom. The number of anilines is 2. The first-order valence-electron chi connectivity index (χ1n) is 9.37. The number of fused-ring (bicyclic) bond motifs is 1. The van der Waals surface area contributed by atoms with Gasteiger partial charge in [0, 0.05) is 30.1 Å². The highest BCUT2D eigenvalue weighted by molar-refractivity contribution is 6.12. The van der Waals surface area contributed by atoms with Crippen LogP contribution in [0.4, 0.5) is 11.4 Å². The minimum atomic E-state index is -0.423. The fourth-order valence-electron chi connectivity index (χ4n) is 3.87. The van der Waals surface area contributed by atoms with E-state index in [-0.39, 0.29) is 5.91 Å². The first-order chi connectivity index (χ1) is 14.0. The minimum Gasteiger partial charge on any atom is -0.497 e. The highest BCUT2D eigenvalue weighted by Crippen LogP contribution is 2.42. The molecule has 0 saturated heterocycles. The Hall–Kier alpha value is -3.48. The van der Waals surface area contributed by atoms with Crippen molar-refractivity contribution in [3.05, 3.63) is 65.0 Å². The quantitative estimate of drug-likeness (QED) is 0.731. The molecule has 29 heavy (non-hydrogen) atoms. The maximum Gasteiger partial charge on any atom is 0.262 e. The average Bonchev–Trinajstić information content (AvgIpc) is 2.99. The van der Waals surface area contributed by atoms with Crippen LogP contribution in [0.3, 0.4) is 0 Å². The van der Waals surface area contributed by atoms with Crippen LogP contribution in [0.5, 0.6) is 11.5 Å². The lowest BCUT2D eigenvalue weighted by molar-refractivity contribution is 0.0974. The molecule has 1 aromatic heterocycles. The summed E-state index contributed by atoms with van der Waals surface area (Å²) in [6.45, 7) is 3.96. The number of carbonyl (C=O) groups excluding carboxylic acids is 1. The highest BCUT2D eigenvalue weighted by Gasteiger charge is 2.38. The van der Waals surface area contributed by atoms with Gasteiger partial charge in [-0.15, -0.1) is 0 Å². The summed E-state index contributed by atoms with van der Waals surface area (Å²) in [7, 11) is 5.09. The van der Waals surface area contributed by atoms with Crippen molar-refractivity contribution < 1.29 is 14.3 Å². The number of ether oxygens (including phenoxy) is 2. The van der Waals surface area contributed by atoms with E-state index < -0.39 is 6.17 Å². The standard InChI is InChI=1S/C22H24N4O3/c1-13-20(14(2)25(3)24-13)21-23-17-9-7-6-8-16(17)22(27)26(21)18-11-10-15(28-4)12-19(18)29-5/h6-12,21,23H,1-5H3. The first kappa shape index (κ1) is 18.9. The molecule has 2 aromatic carbocycles. The number of benzene rings is 2. The Kier molecular flexibility index (Phi) is 4.66. The molecule has 3 aromatic rings. The third-order valence-corrected chi connectivity index (χ3v) is 5.41. The smallest absolute Gasteiger partial charge is 0.262 e. The largest absolute Gasteiger partial charge is 0.497 e. The molecule has 1 amide bonds. The number of methoxy groups -OCH3 is 2. The Morgan fingerprint density at radius 2 is 1.83 bits per heavy atom. The van der Waals surface area contributed by atoms with Gasteiger partial charge in [0.25, 0.3) is 5.91 Å². The van der Waals surface area contributed by atoms with Crippen LogP contribution in [0, 0.1) is 13.8 Å². The van der Waals surface area contributed by atoms with Gasteiger partial charge in [0.15, 0.2) is 0 Å². The number of rotatable bonds is 4. The van der Waals surface area contributed by atoms with Gasteiger partial charge in [0.05, 0.1) is 31.2 Å². The molecule has 150 valence electrons. The van der Waals surface area contributed by atoms with E-state index in [1.54, 1.807) is 25.2 Å². The second-order valence-corrected chi connectivity index (χ2v) is 7.01. The lowest BCUT2D eigenvalue weighted by Crippen LogP contribution is -2.43. The summed E-state index contributed by atoms with van der Waals surface area (Å²) in [5.74, 6) is 1.12. The van der Waals surface area contributed by atoms with Gasteiger partial charge in [-0.3, -0.25) is 14.4 Å². The zero-order chi connectivity index (χ0) is 20.7. The predicted molar refractivity (Wildman–Crippen MR) is 112 cm³/mol. The summed E-state index contributed by atoms with van der Waals surface area (Å²) >= 11 is 0. The maximum absolute atomic E-state index is 13.6. The molecule has 1 unspecified atom stereocenters. The van der Waals surface area contributed by atoms with Gasteiger partial charge >= 0.3 is 0 Å². The van der Waals surface area contributed by atoms with Crippen molar-refractivity contribution in [1.82, 2.24) is 9.78 Å². The van der Waals surface area contributed by atoms with Crippen LogP contribution in [0.2, 0.25) is 0 Å². The van der Waals surface area contributed by atoms with Crippen molar-refractivity contribution in [2.75, 3.05) is 24.4 Å². The topological polar surface area (TPSA) is 68.6 Å². The molecule has 0 saturated carbocycles. The van der Waals surface area contributed by atoms with Crippen LogP contribution < -0.4 is 19.7 Å². The molecule has 7 heteroatoms. The van der Waals surface area contributed by atoms with Crippen molar-refractivity contribution in [3.8, 4) is 11.5 Å². The van der Waals surface area contributed by atoms with Gasteiger partial charge in [-0.1, -0.05) is 12.1 Å². The molecular formula is C22H24N4O3. The number of aryl methyl sites for hydroxylation is 2. The Balaban J connectivity index is 1.94. The summed E-state index contributed by atoms with van der Waals surface area (Å²) in [4.78, 5) is 15.4. The summed E-state index contributed by atoms with van der Waals surface area (Å²) in [6.07, 6.45) is -0.423. The second kappa shape index (κ2) is 7.16. The van der Waals surface area contributed by atoms with Crippen molar-refractivity contribution >= 4 is 17.3 Å². The number of hydrogen-bond acceptors (Lipinski definition) is 5. The normalized spacial score (nSPS) is 15.7. The molecular weight excluding hydrogens is 368 g/mol. The van der Waals surface area contributed by atoms with E-state index in [9.17, 15) is 4.79 Å². The lowest BCUT2D eigenvalue weighted by atomic mass is 10.0. The maximum atomic E-state index is 13.6. The van der Waals surface area contributed by atoms with Crippen LogP contribution in [0.25, 0.3) is 0 Å². The van der Waals surface area contributed by atoms with Crippen LogP contribution in [0.1, 0.15) is 33.5 Å². The van der Waals surface area contributed by atoms with E-state index in [1.165, 1.54) is 0 Å². The van der Waals surface area contributed by atoms with Crippen LogP contribution >= 0.6 is 0 Å². The Morgan fingerprint density at radius 3 is 2.48 bits per heavy atom. The van der Waals surface area contributed by atoms with E-state index in [1.807, 2.05) is 62.0 Å². The third kappa shape index (κ3) is 2.99. The number of aromatic nitrogens is 2. The van der Waals surface area contributed by atoms with E-state index in [4.69, 9.17) is 9.47 Å². The number of nitrogens with one attached hydrogen (secondary N) is 1. The summed E-state index contributed by atoms with van der Waals surface area (Å²) < 4.78 is 12.8. The Labute approximate surface area is 169 Å². The van der Waals surface area contributed by atoms with E-state index in [0.717, 1.165) is 22.6 Å². The molecule has 7 nitrogen and oxygen atoms in total. The lowest BCUT2D eigenvalue weighted by Gasteiger charge is -2.38. The number of amides is 1. The van der Waals surface area contributed by atoms with Gasteiger partial charge < -0.3 is 14.8 Å². The zero-order valence-corrected chi connectivity index (χ0v) is 17.2. The SMILES string of the molecule is COc1ccc(N2C(=O)c3ccccc3NC2c2c(C)nn(C)c2C)c(OC)c1. The highest BCUT2D eigenvalue weighted by atomic mass is 16.5. The van der Waals surface area contributed by atoms with Gasteiger partial charge in [0.2, 0.25) is 0 Å². The number of carbonyl (C=O) groups is 1. The molecule has 1 aliphatic rings. The fraction of sp³-hybridized carbons (Fsp3) is 0.273. The fourth-order valence-corrected chi connectivity index (χ4v) is 3.87. The van der Waals surface area contributed by atoms with E-state index in [0.29, 0.717) is 22.7 Å². The van der Waals surface area contributed by atoms with E-state index in [2.05, 4.69) is 10.4 Å². The van der Waals surface area contributed by atoms with E-state index >= 15 is 0 Å². The number of para-hydroxylation sites is 1. The molecule has 2 heterocycles. The minimum absolute atomic E-state index is 0.101. The van der Waals surface area contributed by atoms with Crippen molar-refractivity contribution in [1.29, 1.82) is 0 Å². The van der Waals surface area contributed by atoms with Gasteiger partial charge in [0.1, 0.15) is 17.7 Å². The van der Waals surface area contributed by atoms with Gasteiger partial charge in [-0.25, -0.2) is 0 Å². The monoisotopic (exact) mass is 392 g/mol. The predicted octanol–water partition coefficient (Wildman–Crippen LogP) is 3.83. The number of hydrogen-bond donors (Lipinski definition) is 1. The van der Waals surface area contributed by atoms with Crippen LogP contribution in [-0.2, 0) is 7.05 Å². The number of nitrogens with zero attached hydrogens (tertiary/aromatic N) is 3. The molecule has 4 rings (SSSR count). The molecule has 0 bridgehead atoms. The zero-order valence-electron chi connectivity index (χ0n) is 17.2. The average molecular weight is 392 g/mol.